The summed E-state index contributed by atoms with van der Waals surface area (Å²) < 4.78 is 19.4. The van der Waals surface area contributed by atoms with Crippen molar-refractivity contribution in [2.75, 3.05) is 11.9 Å². The Kier molecular flexibility index (Phi) is 10.3. The van der Waals surface area contributed by atoms with Gasteiger partial charge in [-0.2, -0.15) is 0 Å². The van der Waals surface area contributed by atoms with Crippen molar-refractivity contribution in [3.63, 3.8) is 0 Å². The zero-order valence-electron chi connectivity index (χ0n) is 23.8. The Balaban J connectivity index is 1.66. The van der Waals surface area contributed by atoms with Crippen molar-refractivity contribution in [1.82, 2.24) is 15.5 Å². The molecule has 1 unspecified atom stereocenters. The van der Waals surface area contributed by atoms with Gasteiger partial charge in [0.05, 0.1) is 6.04 Å². The van der Waals surface area contributed by atoms with Crippen LogP contribution in [-0.4, -0.2) is 47.5 Å². The molecule has 3 atom stereocenters. The smallest absolute Gasteiger partial charge is 0.409 e. The van der Waals surface area contributed by atoms with Crippen molar-refractivity contribution >= 4 is 29.5 Å². The summed E-state index contributed by atoms with van der Waals surface area (Å²) in [4.78, 5) is 53.3. The van der Waals surface area contributed by atoms with Crippen LogP contribution in [0.1, 0.15) is 70.5 Å². The van der Waals surface area contributed by atoms with Crippen LogP contribution in [-0.2, 0) is 14.3 Å². The summed E-state index contributed by atoms with van der Waals surface area (Å²) in [6.45, 7) is 9.63. The topological polar surface area (TPSA) is 117 Å². The first-order chi connectivity index (χ1) is 18.9. The molecule has 0 aliphatic carbocycles. The quantitative estimate of drug-likeness (QED) is 0.338. The number of likely N-dealkylation sites (tertiary alicyclic amines) is 1. The Labute approximate surface area is 234 Å². The molecule has 1 aliphatic heterocycles. The van der Waals surface area contributed by atoms with E-state index in [1.165, 1.54) is 17.0 Å². The van der Waals surface area contributed by atoms with Gasteiger partial charge in [-0.15, -0.1) is 0 Å². The molecule has 40 heavy (non-hydrogen) atoms. The number of urea groups is 1. The van der Waals surface area contributed by atoms with E-state index in [1.54, 1.807) is 19.9 Å². The van der Waals surface area contributed by atoms with E-state index in [1.807, 2.05) is 51.1 Å². The lowest BCUT2D eigenvalue weighted by Crippen LogP contribution is -2.50. The number of nitrogens with one attached hydrogen (secondary N) is 3. The highest BCUT2D eigenvalue weighted by Gasteiger charge is 2.43. The lowest BCUT2D eigenvalue weighted by molar-refractivity contribution is -0.139. The minimum Gasteiger partial charge on any atom is -0.425 e. The molecule has 216 valence electrons. The standard InChI is InChI=1S/C30H39FN4O5/c1-6-7-13-23(26(36)27(37)32-20(3)21-11-9-8-10-12-21)34-29(39)40-25-17-30(4,5)18-35(25)28(38)33-24-16-22(31)15-14-19(24)2/h8-12,14-16,20,23,25H,6-7,13,17-18H2,1-5H3,(H,32,37)(H,33,38)(H,34,39)/t20-,23+,25?/m1/s1. The summed E-state index contributed by atoms with van der Waals surface area (Å²) in [5, 5.41) is 7.94. The molecule has 0 radical (unpaired) electrons. The Morgan fingerprint density at radius 1 is 1.10 bits per heavy atom. The molecule has 1 aliphatic rings. The van der Waals surface area contributed by atoms with E-state index in [4.69, 9.17) is 4.74 Å². The van der Waals surface area contributed by atoms with Crippen molar-refractivity contribution in [3.8, 4) is 0 Å². The molecule has 4 amide bonds. The fraction of sp³-hybridized carbons (Fsp3) is 0.467. The van der Waals surface area contributed by atoms with Gasteiger partial charge >= 0.3 is 12.1 Å². The van der Waals surface area contributed by atoms with Crippen molar-refractivity contribution in [2.45, 2.75) is 78.6 Å². The van der Waals surface area contributed by atoms with E-state index < -0.39 is 47.9 Å². The van der Waals surface area contributed by atoms with Crippen LogP contribution in [0.2, 0.25) is 0 Å². The van der Waals surface area contributed by atoms with Crippen LogP contribution in [0.4, 0.5) is 19.7 Å². The predicted octanol–water partition coefficient (Wildman–Crippen LogP) is 5.46. The molecule has 0 spiro atoms. The second-order valence-electron chi connectivity index (χ2n) is 11.1. The number of nitrogens with zero attached hydrogens (tertiary/aromatic N) is 1. The number of hydrogen-bond acceptors (Lipinski definition) is 5. The second-order valence-corrected chi connectivity index (χ2v) is 11.1. The number of carbonyl (C=O) groups is 4. The molecule has 0 bridgehead atoms. The van der Waals surface area contributed by atoms with Crippen LogP contribution in [0.25, 0.3) is 0 Å². The number of anilines is 1. The van der Waals surface area contributed by atoms with Crippen molar-refractivity contribution < 1.29 is 28.3 Å². The Hall–Kier alpha value is -3.95. The molecule has 0 aromatic heterocycles. The summed E-state index contributed by atoms with van der Waals surface area (Å²) in [6.07, 6.45) is 0.164. The summed E-state index contributed by atoms with van der Waals surface area (Å²) in [6, 6.07) is 11.3. The lowest BCUT2D eigenvalue weighted by Gasteiger charge is -2.26. The zero-order chi connectivity index (χ0) is 29.4. The SMILES string of the molecule is CCCC[C@H](NC(=O)OC1CC(C)(C)CN1C(=O)Nc1cc(F)ccc1C)C(=O)C(=O)N[C@H](C)c1ccccc1. The van der Waals surface area contributed by atoms with Gasteiger partial charge in [-0.25, -0.2) is 14.0 Å². The Morgan fingerprint density at radius 3 is 2.48 bits per heavy atom. The van der Waals surface area contributed by atoms with Gasteiger partial charge in [0, 0.05) is 18.7 Å². The number of amides is 4. The molecule has 3 N–H and O–H groups in total. The van der Waals surface area contributed by atoms with Crippen molar-refractivity contribution in [1.29, 1.82) is 0 Å². The van der Waals surface area contributed by atoms with Crippen LogP contribution in [0.5, 0.6) is 0 Å². The maximum absolute atomic E-state index is 13.7. The average molecular weight is 555 g/mol. The molecule has 9 nitrogen and oxygen atoms in total. The lowest BCUT2D eigenvalue weighted by atomic mass is 9.93. The number of halogens is 1. The fourth-order valence-electron chi connectivity index (χ4n) is 4.66. The predicted molar refractivity (Wildman–Crippen MR) is 150 cm³/mol. The molecule has 1 saturated heterocycles. The monoisotopic (exact) mass is 554 g/mol. The van der Waals surface area contributed by atoms with Crippen LogP contribution in [0.3, 0.4) is 0 Å². The highest BCUT2D eigenvalue weighted by atomic mass is 19.1. The van der Waals surface area contributed by atoms with E-state index in [2.05, 4.69) is 16.0 Å². The Bertz CT molecular complexity index is 1220. The minimum absolute atomic E-state index is 0.261. The van der Waals surface area contributed by atoms with Gasteiger partial charge in [0.15, 0.2) is 6.23 Å². The van der Waals surface area contributed by atoms with Crippen LogP contribution >= 0.6 is 0 Å². The maximum atomic E-state index is 13.7. The Morgan fingerprint density at radius 2 is 1.80 bits per heavy atom. The summed E-state index contributed by atoms with van der Waals surface area (Å²) in [5.41, 5.74) is 1.49. The van der Waals surface area contributed by atoms with Crippen LogP contribution < -0.4 is 16.0 Å². The van der Waals surface area contributed by atoms with Gasteiger partial charge in [0.2, 0.25) is 5.78 Å². The van der Waals surface area contributed by atoms with Crippen molar-refractivity contribution in [3.05, 3.63) is 65.5 Å². The van der Waals surface area contributed by atoms with Gasteiger partial charge in [-0.3, -0.25) is 14.5 Å². The first-order valence-electron chi connectivity index (χ1n) is 13.6. The number of ether oxygens (including phenoxy) is 1. The number of alkyl carbamates (subject to hydrolysis) is 1. The number of aryl methyl sites for hydroxylation is 1. The third kappa shape index (κ3) is 8.27. The average Bonchev–Trinajstić information content (AvgIpc) is 3.22. The van der Waals surface area contributed by atoms with E-state index >= 15 is 0 Å². The van der Waals surface area contributed by atoms with Crippen LogP contribution in [0.15, 0.2) is 48.5 Å². The van der Waals surface area contributed by atoms with Gasteiger partial charge < -0.3 is 20.7 Å². The third-order valence-electron chi connectivity index (χ3n) is 6.94. The zero-order valence-corrected chi connectivity index (χ0v) is 23.8. The molecule has 0 saturated carbocycles. The summed E-state index contributed by atoms with van der Waals surface area (Å²) >= 11 is 0. The van der Waals surface area contributed by atoms with Gasteiger partial charge in [0.1, 0.15) is 11.9 Å². The molecule has 3 rings (SSSR count). The summed E-state index contributed by atoms with van der Waals surface area (Å²) in [5.74, 6) is -2.05. The van der Waals surface area contributed by atoms with Gasteiger partial charge in [0.25, 0.3) is 5.91 Å². The molecule has 2 aromatic carbocycles. The van der Waals surface area contributed by atoms with Crippen molar-refractivity contribution in [2.24, 2.45) is 5.41 Å². The third-order valence-corrected chi connectivity index (χ3v) is 6.94. The molecule has 1 heterocycles. The number of Topliss-reactive ketones (excluding diaryl/α,β-unsaturated/α-hetero) is 1. The maximum Gasteiger partial charge on any atom is 0.409 e. The first kappa shape index (κ1) is 30.6. The molecular weight excluding hydrogens is 515 g/mol. The molecule has 10 heteroatoms. The highest BCUT2D eigenvalue weighted by molar-refractivity contribution is 6.38. The van der Waals surface area contributed by atoms with Gasteiger partial charge in [-0.05, 0) is 48.9 Å². The number of ketones is 1. The number of hydrogen-bond donors (Lipinski definition) is 3. The number of carbonyl (C=O) groups excluding carboxylic acids is 4. The van der Waals surface area contributed by atoms with E-state index in [0.717, 1.165) is 12.0 Å². The van der Waals surface area contributed by atoms with E-state index in [0.29, 0.717) is 30.6 Å². The van der Waals surface area contributed by atoms with Gasteiger partial charge in [-0.1, -0.05) is 70.0 Å². The van der Waals surface area contributed by atoms with Crippen LogP contribution in [0, 0.1) is 18.2 Å². The summed E-state index contributed by atoms with van der Waals surface area (Å²) in [7, 11) is 0. The number of unbranched alkanes of at least 4 members (excludes halogenated alkanes) is 1. The van der Waals surface area contributed by atoms with E-state index in [-0.39, 0.29) is 11.8 Å². The largest absolute Gasteiger partial charge is 0.425 e. The normalized spacial score (nSPS) is 17.4. The molecular formula is C30H39FN4O5. The fourth-order valence-corrected chi connectivity index (χ4v) is 4.66. The first-order valence-corrected chi connectivity index (χ1v) is 13.6. The number of benzene rings is 2. The molecule has 1 fully saturated rings. The second kappa shape index (κ2) is 13.4. The number of rotatable bonds is 10. The minimum atomic E-state index is -1.08. The highest BCUT2D eigenvalue weighted by Crippen LogP contribution is 2.35. The molecule has 2 aromatic rings. The van der Waals surface area contributed by atoms with E-state index in [9.17, 15) is 23.6 Å².